The second-order valence-corrected chi connectivity index (χ2v) is 7.05. The monoisotopic (exact) mass is 289 g/mol. The van der Waals surface area contributed by atoms with E-state index >= 15 is 0 Å². The van der Waals surface area contributed by atoms with Crippen molar-refractivity contribution < 1.29 is 9.84 Å². The number of rotatable bonds is 10. The predicted molar refractivity (Wildman–Crippen MR) is 83.9 cm³/mol. The van der Waals surface area contributed by atoms with Gasteiger partial charge in [0.15, 0.2) is 0 Å². The van der Waals surface area contributed by atoms with Crippen LogP contribution in [0.1, 0.15) is 52.9 Å². The second kappa shape index (κ2) is 9.22. The highest BCUT2D eigenvalue weighted by Crippen LogP contribution is 2.22. The molecule has 0 aromatic heterocycles. The first-order valence-corrected chi connectivity index (χ1v) is 8.85. The van der Waals surface area contributed by atoms with E-state index < -0.39 is 0 Å². The number of hydrogen-bond donors (Lipinski definition) is 2. The van der Waals surface area contributed by atoms with Crippen LogP contribution in [0, 0.1) is 0 Å². The average molecular weight is 289 g/mol. The lowest BCUT2D eigenvalue weighted by molar-refractivity contribution is 0.128. The van der Waals surface area contributed by atoms with E-state index in [1.165, 1.54) is 18.6 Å². The highest BCUT2D eigenvalue weighted by atomic mass is 32.2. The van der Waals surface area contributed by atoms with E-state index in [9.17, 15) is 5.11 Å². The minimum Gasteiger partial charge on any atom is -0.394 e. The molecule has 0 saturated carbocycles. The van der Waals surface area contributed by atoms with Gasteiger partial charge in [0.25, 0.3) is 0 Å². The van der Waals surface area contributed by atoms with E-state index in [1.807, 2.05) is 11.8 Å². The van der Waals surface area contributed by atoms with Gasteiger partial charge >= 0.3 is 0 Å². The topological polar surface area (TPSA) is 41.5 Å². The molecule has 0 aliphatic carbocycles. The molecule has 3 nitrogen and oxygen atoms in total. The van der Waals surface area contributed by atoms with Crippen LogP contribution in [0.3, 0.4) is 0 Å². The highest BCUT2D eigenvalue weighted by molar-refractivity contribution is 7.99. The normalized spacial score (nSPS) is 22.9. The van der Waals surface area contributed by atoms with Crippen molar-refractivity contribution in [1.82, 2.24) is 5.32 Å². The Hall–Kier alpha value is 0.230. The van der Waals surface area contributed by atoms with Gasteiger partial charge in [-0.25, -0.2) is 0 Å². The largest absolute Gasteiger partial charge is 0.394 e. The molecule has 1 heterocycles. The van der Waals surface area contributed by atoms with Crippen LogP contribution in [0.4, 0.5) is 0 Å². The molecule has 0 spiro atoms. The number of ether oxygens (including phenoxy) is 1. The van der Waals surface area contributed by atoms with Crippen molar-refractivity contribution in [1.29, 1.82) is 0 Å². The summed E-state index contributed by atoms with van der Waals surface area (Å²) in [7, 11) is 0. The second-order valence-electron chi connectivity index (χ2n) is 5.90. The quantitative estimate of drug-likeness (QED) is 0.607. The standard InChI is InChI=1S/C15H31NO2S/c1-4-15(12-17,16-13(2)3)8-6-10-19-11-14-7-5-9-18-14/h13-14,16-17H,4-12H2,1-3H3. The fraction of sp³-hybridized carbons (Fsp3) is 1.00. The zero-order valence-electron chi connectivity index (χ0n) is 12.8. The van der Waals surface area contributed by atoms with Gasteiger partial charge in [0.2, 0.25) is 0 Å². The first-order valence-electron chi connectivity index (χ1n) is 7.70. The Balaban J connectivity index is 2.16. The molecule has 0 radical (unpaired) electrons. The van der Waals surface area contributed by atoms with E-state index in [1.54, 1.807) is 0 Å². The van der Waals surface area contributed by atoms with E-state index in [0.717, 1.165) is 31.6 Å². The van der Waals surface area contributed by atoms with E-state index in [2.05, 4.69) is 26.1 Å². The molecule has 0 aromatic carbocycles. The molecule has 2 N–H and O–H groups in total. The third kappa shape index (κ3) is 6.48. The smallest absolute Gasteiger partial charge is 0.0666 e. The van der Waals surface area contributed by atoms with Crippen LogP contribution in [0.25, 0.3) is 0 Å². The Morgan fingerprint density at radius 1 is 1.47 bits per heavy atom. The third-order valence-corrected chi connectivity index (χ3v) is 5.03. The summed E-state index contributed by atoms with van der Waals surface area (Å²) < 4.78 is 5.62. The van der Waals surface area contributed by atoms with E-state index in [-0.39, 0.29) is 12.1 Å². The van der Waals surface area contributed by atoms with Crippen molar-refractivity contribution in [2.75, 3.05) is 24.7 Å². The molecule has 4 heteroatoms. The lowest BCUT2D eigenvalue weighted by Crippen LogP contribution is -2.51. The van der Waals surface area contributed by atoms with Gasteiger partial charge < -0.3 is 15.2 Å². The summed E-state index contributed by atoms with van der Waals surface area (Å²) in [5, 5.41) is 13.2. The Kier molecular flexibility index (Phi) is 8.38. The van der Waals surface area contributed by atoms with Gasteiger partial charge in [0.1, 0.15) is 0 Å². The minimum atomic E-state index is -0.0847. The molecule has 1 saturated heterocycles. The molecule has 1 aliphatic rings. The summed E-state index contributed by atoms with van der Waals surface area (Å²) in [6.45, 7) is 7.63. The van der Waals surface area contributed by atoms with Gasteiger partial charge in [-0.05, 0) is 37.9 Å². The number of nitrogens with one attached hydrogen (secondary N) is 1. The summed E-state index contributed by atoms with van der Waals surface area (Å²) in [5.74, 6) is 2.30. The van der Waals surface area contributed by atoms with Crippen LogP contribution in [-0.4, -0.2) is 47.5 Å². The Morgan fingerprint density at radius 2 is 2.26 bits per heavy atom. The molecule has 0 aromatic rings. The number of aliphatic hydroxyl groups is 1. The molecular weight excluding hydrogens is 258 g/mol. The fourth-order valence-electron chi connectivity index (χ4n) is 2.70. The molecule has 0 bridgehead atoms. The zero-order valence-corrected chi connectivity index (χ0v) is 13.6. The van der Waals surface area contributed by atoms with Gasteiger partial charge in [-0.3, -0.25) is 0 Å². The lowest BCUT2D eigenvalue weighted by Gasteiger charge is -2.34. The fourth-order valence-corrected chi connectivity index (χ4v) is 3.74. The minimum absolute atomic E-state index is 0.0847. The summed E-state index contributed by atoms with van der Waals surface area (Å²) >= 11 is 2.00. The maximum Gasteiger partial charge on any atom is 0.0666 e. The van der Waals surface area contributed by atoms with Crippen molar-refractivity contribution in [2.24, 2.45) is 0 Å². The molecule has 114 valence electrons. The van der Waals surface area contributed by atoms with Gasteiger partial charge in [0, 0.05) is 23.9 Å². The Labute approximate surface area is 122 Å². The van der Waals surface area contributed by atoms with Crippen LogP contribution >= 0.6 is 11.8 Å². The van der Waals surface area contributed by atoms with E-state index in [4.69, 9.17) is 4.74 Å². The molecule has 19 heavy (non-hydrogen) atoms. The molecule has 1 aliphatic heterocycles. The zero-order chi connectivity index (χ0) is 14.1. The number of aliphatic hydroxyl groups excluding tert-OH is 1. The summed E-state index contributed by atoms with van der Waals surface area (Å²) in [5.41, 5.74) is -0.0847. The lowest BCUT2D eigenvalue weighted by atomic mass is 9.91. The molecule has 0 amide bonds. The van der Waals surface area contributed by atoms with Crippen molar-refractivity contribution in [2.45, 2.75) is 70.6 Å². The Bertz CT molecular complexity index is 226. The first kappa shape index (κ1) is 17.3. The summed E-state index contributed by atoms with van der Waals surface area (Å²) in [6.07, 6.45) is 6.15. The number of hydrogen-bond acceptors (Lipinski definition) is 4. The summed E-state index contributed by atoms with van der Waals surface area (Å²) in [4.78, 5) is 0. The maximum absolute atomic E-state index is 9.67. The van der Waals surface area contributed by atoms with Gasteiger partial charge in [-0.15, -0.1) is 0 Å². The van der Waals surface area contributed by atoms with Gasteiger partial charge in [-0.2, -0.15) is 11.8 Å². The van der Waals surface area contributed by atoms with Crippen LogP contribution < -0.4 is 5.32 Å². The Morgan fingerprint density at radius 3 is 2.79 bits per heavy atom. The number of thioether (sulfide) groups is 1. The first-order chi connectivity index (χ1) is 9.12. The SMILES string of the molecule is CCC(CO)(CCCSCC1CCCO1)NC(C)C. The van der Waals surface area contributed by atoms with Crippen molar-refractivity contribution >= 4 is 11.8 Å². The molecule has 2 atom stereocenters. The maximum atomic E-state index is 9.67. The van der Waals surface area contributed by atoms with Gasteiger partial charge in [0.05, 0.1) is 12.7 Å². The summed E-state index contributed by atoms with van der Waals surface area (Å²) in [6, 6.07) is 0.423. The molecule has 1 fully saturated rings. The third-order valence-electron chi connectivity index (χ3n) is 3.85. The van der Waals surface area contributed by atoms with Crippen molar-refractivity contribution in [3.63, 3.8) is 0 Å². The molecular formula is C15H31NO2S. The van der Waals surface area contributed by atoms with E-state index in [0.29, 0.717) is 12.1 Å². The van der Waals surface area contributed by atoms with Crippen LogP contribution in [0.5, 0.6) is 0 Å². The molecule has 2 unspecified atom stereocenters. The highest BCUT2D eigenvalue weighted by Gasteiger charge is 2.27. The molecule has 1 rings (SSSR count). The van der Waals surface area contributed by atoms with Gasteiger partial charge in [-0.1, -0.05) is 20.8 Å². The predicted octanol–water partition coefficient (Wildman–Crippen LogP) is 2.82. The average Bonchev–Trinajstić information content (AvgIpc) is 2.89. The van der Waals surface area contributed by atoms with Crippen LogP contribution in [0.15, 0.2) is 0 Å². The van der Waals surface area contributed by atoms with Crippen molar-refractivity contribution in [3.05, 3.63) is 0 Å². The van der Waals surface area contributed by atoms with Crippen LogP contribution in [0.2, 0.25) is 0 Å². The van der Waals surface area contributed by atoms with Crippen LogP contribution in [-0.2, 0) is 4.74 Å². The van der Waals surface area contributed by atoms with Crippen molar-refractivity contribution in [3.8, 4) is 0 Å².